The summed E-state index contributed by atoms with van der Waals surface area (Å²) in [5, 5.41) is 9.02. The number of nitrogens with zero attached hydrogens (tertiary/aromatic N) is 1. The highest BCUT2D eigenvalue weighted by Crippen LogP contribution is 2.41. The quantitative estimate of drug-likeness (QED) is 0.755. The fraction of sp³-hybridized carbons (Fsp3) is 0.267. The van der Waals surface area contributed by atoms with Gasteiger partial charge < -0.3 is 0 Å². The van der Waals surface area contributed by atoms with E-state index in [4.69, 9.17) is 5.26 Å². The van der Waals surface area contributed by atoms with Crippen molar-refractivity contribution in [3.8, 4) is 6.07 Å². The summed E-state index contributed by atoms with van der Waals surface area (Å²) in [7, 11) is 0. The predicted octanol–water partition coefficient (Wildman–Crippen LogP) is 3.74. The lowest BCUT2D eigenvalue weighted by molar-refractivity contribution is 0.405. The van der Waals surface area contributed by atoms with Crippen LogP contribution >= 0.6 is 0 Å². The van der Waals surface area contributed by atoms with E-state index in [0.29, 0.717) is 5.56 Å². The second-order valence-electron chi connectivity index (χ2n) is 4.39. The molecule has 1 aromatic carbocycles. The van der Waals surface area contributed by atoms with Crippen LogP contribution in [0.25, 0.3) is 0 Å². The van der Waals surface area contributed by atoms with Gasteiger partial charge in [-0.3, -0.25) is 0 Å². The number of allylic oxidation sites excluding steroid dienone is 4. The monoisotopic (exact) mass is 227 g/mol. The smallest absolute Gasteiger partial charge is 0.127 e. The summed E-state index contributed by atoms with van der Waals surface area (Å²) in [4.78, 5) is 0. The van der Waals surface area contributed by atoms with Gasteiger partial charge in [-0.05, 0) is 17.5 Å². The molecule has 1 aromatic rings. The maximum absolute atomic E-state index is 13.9. The summed E-state index contributed by atoms with van der Waals surface area (Å²) in [5.74, 6) is -0.126. The minimum atomic E-state index is -0.533. The lowest BCUT2D eigenvalue weighted by atomic mass is 9.67. The Morgan fingerprint density at radius 1 is 1.35 bits per heavy atom. The lowest BCUT2D eigenvalue weighted by Crippen LogP contribution is -2.32. The molecule has 2 unspecified atom stereocenters. The van der Waals surface area contributed by atoms with Crippen molar-refractivity contribution in [1.82, 2.24) is 0 Å². The van der Waals surface area contributed by atoms with Crippen LogP contribution in [0.2, 0.25) is 0 Å². The van der Waals surface area contributed by atoms with Crippen molar-refractivity contribution in [3.05, 3.63) is 60.0 Å². The van der Waals surface area contributed by atoms with Gasteiger partial charge in [-0.15, -0.1) is 0 Å². The molecular weight excluding hydrogens is 213 g/mol. The average Bonchev–Trinajstić information content (AvgIpc) is 2.33. The van der Waals surface area contributed by atoms with E-state index in [0.717, 1.165) is 0 Å². The van der Waals surface area contributed by atoms with Crippen molar-refractivity contribution in [1.29, 1.82) is 5.26 Å². The molecule has 2 atom stereocenters. The first-order chi connectivity index (χ1) is 8.20. The molecule has 0 saturated heterocycles. The molecule has 0 bridgehead atoms. The zero-order chi connectivity index (χ0) is 12.3. The zero-order valence-electron chi connectivity index (χ0n) is 9.73. The van der Waals surface area contributed by atoms with Gasteiger partial charge in [0.2, 0.25) is 0 Å². The number of hydrogen-bond donors (Lipinski definition) is 0. The summed E-state index contributed by atoms with van der Waals surface area (Å²) in [6.45, 7) is 2.02. The Morgan fingerprint density at radius 3 is 2.76 bits per heavy atom. The molecule has 0 spiro atoms. The van der Waals surface area contributed by atoms with Gasteiger partial charge in [-0.25, -0.2) is 4.39 Å². The van der Waals surface area contributed by atoms with Crippen molar-refractivity contribution in [2.24, 2.45) is 5.92 Å². The van der Waals surface area contributed by atoms with Crippen molar-refractivity contribution < 1.29 is 4.39 Å². The number of benzene rings is 1. The molecule has 17 heavy (non-hydrogen) atoms. The van der Waals surface area contributed by atoms with Gasteiger partial charge in [0, 0.05) is 11.8 Å². The Hall–Kier alpha value is -1.88. The van der Waals surface area contributed by atoms with Crippen LogP contribution < -0.4 is 0 Å². The van der Waals surface area contributed by atoms with Gasteiger partial charge in [0.05, 0.1) is 6.07 Å². The van der Waals surface area contributed by atoms with E-state index >= 15 is 0 Å². The summed E-state index contributed by atoms with van der Waals surface area (Å²) in [5.41, 5.74) is 0.0733. The molecule has 0 fully saturated rings. The summed E-state index contributed by atoms with van der Waals surface area (Å²) >= 11 is 0. The SMILES string of the molecule is CC1C=CC=CC1(CC#N)c1ccccc1F. The average molecular weight is 227 g/mol. The van der Waals surface area contributed by atoms with Gasteiger partial charge in [0.15, 0.2) is 0 Å². The molecule has 0 N–H and O–H groups in total. The van der Waals surface area contributed by atoms with Crippen LogP contribution in [0.15, 0.2) is 48.6 Å². The lowest BCUT2D eigenvalue weighted by Gasteiger charge is -2.35. The van der Waals surface area contributed by atoms with E-state index in [-0.39, 0.29) is 18.2 Å². The molecule has 0 amide bonds. The Kier molecular flexibility index (Phi) is 3.10. The predicted molar refractivity (Wildman–Crippen MR) is 65.8 cm³/mol. The summed E-state index contributed by atoms with van der Waals surface area (Å²) in [6.07, 6.45) is 8.09. The van der Waals surface area contributed by atoms with Gasteiger partial charge in [0.25, 0.3) is 0 Å². The molecule has 2 rings (SSSR count). The first kappa shape index (κ1) is 11.6. The van der Waals surface area contributed by atoms with E-state index in [2.05, 4.69) is 6.07 Å². The van der Waals surface area contributed by atoms with Gasteiger partial charge in [0.1, 0.15) is 5.82 Å². The van der Waals surface area contributed by atoms with Crippen molar-refractivity contribution in [3.63, 3.8) is 0 Å². The fourth-order valence-electron chi connectivity index (χ4n) is 2.40. The van der Waals surface area contributed by atoms with Gasteiger partial charge >= 0.3 is 0 Å². The zero-order valence-corrected chi connectivity index (χ0v) is 9.73. The highest BCUT2D eigenvalue weighted by atomic mass is 19.1. The Bertz CT molecular complexity index is 510. The van der Waals surface area contributed by atoms with E-state index in [1.54, 1.807) is 12.1 Å². The van der Waals surface area contributed by atoms with E-state index < -0.39 is 5.41 Å². The third-order valence-electron chi connectivity index (χ3n) is 3.46. The number of hydrogen-bond acceptors (Lipinski definition) is 1. The van der Waals surface area contributed by atoms with Gasteiger partial charge in [-0.2, -0.15) is 5.26 Å². The van der Waals surface area contributed by atoms with Crippen molar-refractivity contribution >= 4 is 0 Å². The third kappa shape index (κ3) is 1.89. The second-order valence-corrected chi connectivity index (χ2v) is 4.39. The molecule has 0 aliphatic heterocycles. The van der Waals surface area contributed by atoms with Crippen LogP contribution in [0.4, 0.5) is 4.39 Å². The van der Waals surface area contributed by atoms with Crippen LogP contribution in [0.5, 0.6) is 0 Å². The maximum Gasteiger partial charge on any atom is 0.127 e. The van der Waals surface area contributed by atoms with Crippen LogP contribution in [0.3, 0.4) is 0 Å². The molecule has 1 nitrogen and oxygen atoms in total. The summed E-state index contributed by atoms with van der Waals surface area (Å²) < 4.78 is 13.9. The highest BCUT2D eigenvalue weighted by Gasteiger charge is 2.37. The van der Waals surface area contributed by atoms with Crippen LogP contribution in [0, 0.1) is 23.1 Å². The van der Waals surface area contributed by atoms with E-state index in [9.17, 15) is 4.39 Å². The first-order valence-electron chi connectivity index (χ1n) is 5.69. The minimum absolute atomic E-state index is 0.115. The molecule has 1 aliphatic rings. The Balaban J connectivity index is 2.57. The molecule has 1 aliphatic carbocycles. The van der Waals surface area contributed by atoms with E-state index in [1.807, 2.05) is 37.3 Å². The molecule has 0 saturated carbocycles. The molecule has 0 heterocycles. The number of rotatable bonds is 2. The van der Waals surface area contributed by atoms with E-state index in [1.165, 1.54) is 6.07 Å². The molecular formula is C15H14FN. The Morgan fingerprint density at radius 2 is 2.12 bits per heavy atom. The maximum atomic E-state index is 13.9. The molecule has 0 aromatic heterocycles. The number of nitriles is 1. The van der Waals surface area contributed by atoms with Crippen molar-refractivity contribution in [2.45, 2.75) is 18.8 Å². The minimum Gasteiger partial charge on any atom is -0.207 e. The standard InChI is InChI=1S/C15H14FN/c1-12-6-4-5-9-15(12,10-11-17)13-7-2-3-8-14(13)16/h2-9,12H,10H2,1H3. The van der Waals surface area contributed by atoms with Crippen LogP contribution in [-0.4, -0.2) is 0 Å². The molecule has 86 valence electrons. The van der Waals surface area contributed by atoms with Crippen molar-refractivity contribution in [2.75, 3.05) is 0 Å². The molecule has 2 heteroatoms. The van der Waals surface area contributed by atoms with Crippen LogP contribution in [0.1, 0.15) is 18.9 Å². The second kappa shape index (κ2) is 4.55. The normalized spacial score (nSPS) is 26.8. The largest absolute Gasteiger partial charge is 0.207 e. The third-order valence-corrected chi connectivity index (χ3v) is 3.46. The topological polar surface area (TPSA) is 23.8 Å². The van der Waals surface area contributed by atoms with Gasteiger partial charge in [-0.1, -0.05) is 49.4 Å². The number of halogens is 1. The highest BCUT2D eigenvalue weighted by molar-refractivity contribution is 5.39. The molecule has 0 radical (unpaired) electrons. The first-order valence-corrected chi connectivity index (χ1v) is 5.69. The van der Waals surface area contributed by atoms with Crippen LogP contribution in [-0.2, 0) is 5.41 Å². The summed E-state index contributed by atoms with van der Waals surface area (Å²) in [6, 6.07) is 8.89. The fourth-order valence-corrected chi connectivity index (χ4v) is 2.40. The Labute approximate surface area is 101 Å².